The number of aryl methyl sites for hydroxylation is 1. The predicted octanol–water partition coefficient (Wildman–Crippen LogP) is 2.15. The van der Waals surface area contributed by atoms with E-state index in [1.807, 2.05) is 6.92 Å². The van der Waals surface area contributed by atoms with Crippen LogP contribution in [0.25, 0.3) is 0 Å². The number of nitrogens with zero attached hydrogens (tertiary/aromatic N) is 2. The fraction of sp³-hybridized carbons (Fsp3) is 0.400. The van der Waals surface area contributed by atoms with Crippen LogP contribution in [0.3, 0.4) is 0 Å². The molecule has 2 rings (SSSR count). The smallest absolute Gasteiger partial charge is 0.223 e. The highest BCUT2D eigenvalue weighted by Crippen LogP contribution is 2.22. The molecule has 0 spiro atoms. The number of halogens is 1. The van der Waals surface area contributed by atoms with Gasteiger partial charge in [-0.3, -0.25) is 4.79 Å². The van der Waals surface area contributed by atoms with Crippen molar-refractivity contribution in [3.05, 3.63) is 47.4 Å². The second-order valence-corrected chi connectivity index (χ2v) is 4.64. The molecule has 0 fully saturated rings. The second-order valence-electron chi connectivity index (χ2n) is 4.64. The number of carbonyl (C=O) groups is 1. The maximum absolute atomic E-state index is 14.0. The van der Waals surface area contributed by atoms with Crippen molar-refractivity contribution in [3.63, 3.8) is 0 Å². The summed E-state index contributed by atoms with van der Waals surface area (Å²) in [6.45, 7) is 4.32. The third-order valence-electron chi connectivity index (χ3n) is 3.00. The Hall–Kier alpha value is -2.28. The van der Waals surface area contributed by atoms with Gasteiger partial charge in [0.25, 0.3) is 0 Å². The zero-order valence-corrected chi connectivity index (χ0v) is 12.5. The first-order chi connectivity index (χ1) is 10.6. The number of aromatic nitrogens is 2. The van der Waals surface area contributed by atoms with Crippen LogP contribution in [-0.4, -0.2) is 29.3 Å². The molecule has 0 bridgehead atoms. The Morgan fingerprint density at radius 2 is 2.23 bits per heavy atom. The van der Waals surface area contributed by atoms with Crippen LogP contribution in [0.2, 0.25) is 0 Å². The van der Waals surface area contributed by atoms with E-state index in [-0.39, 0.29) is 23.7 Å². The van der Waals surface area contributed by atoms with Crippen molar-refractivity contribution < 1.29 is 18.4 Å². The van der Waals surface area contributed by atoms with Crippen LogP contribution in [0.5, 0.6) is 0 Å². The number of benzene rings is 1. The van der Waals surface area contributed by atoms with Gasteiger partial charge in [0.15, 0.2) is 5.82 Å². The molecule has 7 heteroatoms. The zero-order valence-electron chi connectivity index (χ0n) is 12.5. The summed E-state index contributed by atoms with van der Waals surface area (Å²) in [4.78, 5) is 16.1. The summed E-state index contributed by atoms with van der Waals surface area (Å²) in [5.41, 5.74) is 0.285. The third-order valence-corrected chi connectivity index (χ3v) is 3.00. The van der Waals surface area contributed by atoms with E-state index >= 15 is 0 Å². The molecule has 1 amide bonds. The van der Waals surface area contributed by atoms with Crippen LogP contribution in [0.15, 0.2) is 28.8 Å². The van der Waals surface area contributed by atoms with Crippen molar-refractivity contribution in [2.75, 3.05) is 13.2 Å². The molecule has 1 atom stereocenters. The molecule has 1 aromatic heterocycles. The predicted molar refractivity (Wildman–Crippen MR) is 76.5 cm³/mol. The Labute approximate surface area is 127 Å². The topological polar surface area (TPSA) is 77.2 Å². The summed E-state index contributed by atoms with van der Waals surface area (Å²) in [5, 5.41) is 6.50. The molecule has 0 saturated heterocycles. The number of ether oxygens (including phenoxy) is 1. The minimum Gasteiger partial charge on any atom is -0.381 e. The molecule has 6 nitrogen and oxygen atoms in total. The average Bonchev–Trinajstić information content (AvgIpc) is 2.92. The fourth-order valence-electron chi connectivity index (χ4n) is 1.97. The Morgan fingerprint density at radius 3 is 2.86 bits per heavy atom. The van der Waals surface area contributed by atoms with Gasteiger partial charge in [0.1, 0.15) is 11.9 Å². The number of carbonyl (C=O) groups excluding carboxylic acids is 1. The minimum absolute atomic E-state index is 0.176. The van der Waals surface area contributed by atoms with E-state index < -0.39 is 11.9 Å². The zero-order chi connectivity index (χ0) is 15.9. The first kappa shape index (κ1) is 16.1. The summed E-state index contributed by atoms with van der Waals surface area (Å²) in [6, 6.07) is 5.36. The molecule has 1 heterocycles. The lowest BCUT2D eigenvalue weighted by Crippen LogP contribution is -2.31. The highest BCUT2D eigenvalue weighted by molar-refractivity contribution is 5.76. The van der Waals surface area contributed by atoms with Crippen molar-refractivity contribution in [3.8, 4) is 0 Å². The summed E-state index contributed by atoms with van der Waals surface area (Å²) in [5.74, 6) is -0.156. The monoisotopic (exact) mass is 307 g/mol. The SMILES string of the molecule is CCOCCC(=O)N[C@@H](c1noc(C)n1)c1ccccc1F. The summed E-state index contributed by atoms with van der Waals surface area (Å²) in [7, 11) is 0. The van der Waals surface area contributed by atoms with E-state index in [0.29, 0.717) is 19.1 Å². The Bertz CT molecular complexity index is 630. The lowest BCUT2D eigenvalue weighted by molar-refractivity contribution is -0.122. The average molecular weight is 307 g/mol. The number of hydrogen-bond donors (Lipinski definition) is 1. The lowest BCUT2D eigenvalue weighted by atomic mass is 10.1. The van der Waals surface area contributed by atoms with E-state index in [9.17, 15) is 9.18 Å². The van der Waals surface area contributed by atoms with Crippen LogP contribution < -0.4 is 5.32 Å². The summed E-state index contributed by atoms with van der Waals surface area (Å²) >= 11 is 0. The minimum atomic E-state index is -0.798. The van der Waals surface area contributed by atoms with Crippen LogP contribution in [0.4, 0.5) is 4.39 Å². The van der Waals surface area contributed by atoms with Crippen molar-refractivity contribution in [1.29, 1.82) is 0 Å². The maximum atomic E-state index is 14.0. The standard InChI is InChI=1S/C15H18FN3O3/c1-3-21-9-8-13(20)18-14(15-17-10(2)22-19-15)11-6-4-5-7-12(11)16/h4-7,14H,3,8-9H2,1-2H3,(H,18,20)/t14-/m1/s1. The molecule has 118 valence electrons. The molecular formula is C15H18FN3O3. The molecule has 0 aliphatic rings. The van der Waals surface area contributed by atoms with E-state index in [4.69, 9.17) is 9.26 Å². The van der Waals surface area contributed by atoms with Crippen LogP contribution in [-0.2, 0) is 9.53 Å². The van der Waals surface area contributed by atoms with Gasteiger partial charge >= 0.3 is 0 Å². The van der Waals surface area contributed by atoms with Gasteiger partial charge < -0.3 is 14.6 Å². The lowest BCUT2D eigenvalue weighted by Gasteiger charge is -2.16. The Kier molecular flexibility index (Phi) is 5.60. The van der Waals surface area contributed by atoms with E-state index in [2.05, 4.69) is 15.5 Å². The molecular weight excluding hydrogens is 289 g/mol. The van der Waals surface area contributed by atoms with Gasteiger partial charge in [-0.15, -0.1) is 0 Å². The van der Waals surface area contributed by atoms with Gasteiger partial charge in [-0.25, -0.2) is 4.39 Å². The van der Waals surface area contributed by atoms with Crippen LogP contribution in [0.1, 0.15) is 36.7 Å². The molecule has 2 aromatic rings. The van der Waals surface area contributed by atoms with Crippen molar-refractivity contribution in [2.24, 2.45) is 0 Å². The quantitative estimate of drug-likeness (QED) is 0.793. The van der Waals surface area contributed by atoms with E-state index in [1.54, 1.807) is 25.1 Å². The molecule has 1 aromatic carbocycles. The second kappa shape index (κ2) is 7.65. The highest BCUT2D eigenvalue weighted by atomic mass is 19.1. The van der Waals surface area contributed by atoms with Gasteiger partial charge in [-0.2, -0.15) is 4.98 Å². The number of rotatable bonds is 7. The molecule has 1 N–H and O–H groups in total. The van der Waals surface area contributed by atoms with Gasteiger partial charge in [0.2, 0.25) is 11.8 Å². The Morgan fingerprint density at radius 1 is 1.45 bits per heavy atom. The molecule has 0 aliphatic heterocycles. The third kappa shape index (κ3) is 4.11. The van der Waals surface area contributed by atoms with Crippen molar-refractivity contribution >= 4 is 5.91 Å². The first-order valence-electron chi connectivity index (χ1n) is 7.03. The Balaban J connectivity index is 2.19. The van der Waals surface area contributed by atoms with Crippen LogP contribution >= 0.6 is 0 Å². The van der Waals surface area contributed by atoms with Gasteiger partial charge in [0.05, 0.1) is 6.61 Å². The number of hydrogen-bond acceptors (Lipinski definition) is 5. The first-order valence-corrected chi connectivity index (χ1v) is 7.03. The number of nitrogens with one attached hydrogen (secondary N) is 1. The molecule has 0 aliphatic carbocycles. The normalized spacial score (nSPS) is 12.1. The van der Waals surface area contributed by atoms with E-state index in [1.165, 1.54) is 6.07 Å². The van der Waals surface area contributed by atoms with Gasteiger partial charge in [-0.1, -0.05) is 23.4 Å². The summed E-state index contributed by atoms with van der Waals surface area (Å²) < 4.78 is 24.1. The van der Waals surface area contributed by atoms with Crippen molar-refractivity contribution in [1.82, 2.24) is 15.5 Å². The molecule has 0 radical (unpaired) electrons. The highest BCUT2D eigenvalue weighted by Gasteiger charge is 2.24. The van der Waals surface area contributed by atoms with Crippen molar-refractivity contribution in [2.45, 2.75) is 26.3 Å². The van der Waals surface area contributed by atoms with Gasteiger partial charge in [0, 0.05) is 25.5 Å². The van der Waals surface area contributed by atoms with Gasteiger partial charge in [-0.05, 0) is 13.0 Å². The number of amides is 1. The summed E-state index contributed by atoms with van der Waals surface area (Å²) in [6.07, 6.45) is 0.176. The van der Waals surface area contributed by atoms with Crippen LogP contribution in [0, 0.1) is 12.7 Å². The maximum Gasteiger partial charge on any atom is 0.223 e. The largest absolute Gasteiger partial charge is 0.381 e. The molecule has 0 saturated carbocycles. The molecule has 22 heavy (non-hydrogen) atoms. The van der Waals surface area contributed by atoms with E-state index in [0.717, 1.165) is 0 Å². The molecule has 0 unspecified atom stereocenters. The fourth-order valence-corrected chi connectivity index (χ4v) is 1.97.